The molecule has 1 atom stereocenters. The van der Waals surface area contributed by atoms with Gasteiger partial charge in [-0.1, -0.05) is 42.5 Å². The van der Waals surface area contributed by atoms with Crippen LogP contribution < -0.4 is 10.1 Å². The second kappa shape index (κ2) is 9.94. The predicted molar refractivity (Wildman–Crippen MR) is 133 cm³/mol. The van der Waals surface area contributed by atoms with Crippen LogP contribution in [0.15, 0.2) is 67.1 Å². The normalized spacial score (nSPS) is 17.3. The zero-order valence-corrected chi connectivity index (χ0v) is 20.1. The highest BCUT2D eigenvalue weighted by Crippen LogP contribution is 2.52. The summed E-state index contributed by atoms with van der Waals surface area (Å²) in [5.74, 6) is 1.25. The van der Waals surface area contributed by atoms with E-state index >= 15 is 0 Å². The third-order valence-corrected chi connectivity index (χ3v) is 7.36. The van der Waals surface area contributed by atoms with Gasteiger partial charge in [0.2, 0.25) is 11.8 Å². The molecule has 2 aliphatic rings. The van der Waals surface area contributed by atoms with Gasteiger partial charge in [-0.2, -0.15) is 0 Å². The molecule has 2 fully saturated rings. The van der Waals surface area contributed by atoms with Crippen LogP contribution in [0.2, 0.25) is 0 Å². The molecule has 1 saturated heterocycles. The van der Waals surface area contributed by atoms with E-state index in [1.807, 2.05) is 35.2 Å². The largest absolute Gasteiger partial charge is 0.497 e. The highest BCUT2D eigenvalue weighted by molar-refractivity contribution is 5.88. The van der Waals surface area contributed by atoms with Gasteiger partial charge in [0.15, 0.2) is 0 Å². The lowest BCUT2D eigenvalue weighted by atomic mass is 9.69. The third-order valence-electron chi connectivity index (χ3n) is 7.36. The monoisotopic (exact) mass is 472 g/mol. The minimum atomic E-state index is -0.608. The molecule has 7 nitrogen and oxygen atoms in total. The Morgan fingerprint density at radius 3 is 2.51 bits per heavy atom. The van der Waals surface area contributed by atoms with Gasteiger partial charge in [0.05, 0.1) is 19.1 Å². The summed E-state index contributed by atoms with van der Waals surface area (Å²) in [6.45, 7) is 1.42. The summed E-state index contributed by atoms with van der Waals surface area (Å²) in [7, 11) is 1.63. The van der Waals surface area contributed by atoms with Gasteiger partial charge in [-0.25, -0.2) is 4.98 Å². The van der Waals surface area contributed by atoms with Crippen LogP contribution in [0, 0.1) is 5.92 Å². The van der Waals surface area contributed by atoms with Crippen molar-refractivity contribution in [2.75, 3.05) is 20.2 Å². The number of methoxy groups -OCH3 is 1. The molecule has 5 rings (SSSR count). The van der Waals surface area contributed by atoms with Gasteiger partial charge < -0.3 is 19.9 Å². The van der Waals surface area contributed by atoms with Crippen LogP contribution in [0.1, 0.15) is 36.1 Å². The first-order valence-electron chi connectivity index (χ1n) is 12.3. The minimum absolute atomic E-state index is 0.0128. The summed E-state index contributed by atoms with van der Waals surface area (Å²) in [4.78, 5) is 35.5. The number of carbonyl (C=O) groups is 2. The number of rotatable bonds is 10. The molecule has 0 unspecified atom stereocenters. The number of benzene rings is 2. The van der Waals surface area contributed by atoms with Crippen molar-refractivity contribution in [2.24, 2.45) is 5.92 Å². The van der Waals surface area contributed by atoms with Gasteiger partial charge >= 0.3 is 0 Å². The Morgan fingerprint density at radius 1 is 1.14 bits per heavy atom. The lowest BCUT2D eigenvalue weighted by Crippen LogP contribution is -2.65. The molecule has 0 radical (unpaired) electrons. The Kier molecular flexibility index (Phi) is 6.57. The number of aromatic amines is 1. The molecule has 2 aromatic carbocycles. The average molecular weight is 473 g/mol. The first-order valence-corrected chi connectivity index (χ1v) is 12.3. The maximum atomic E-state index is 13.7. The number of amides is 2. The Balaban J connectivity index is 1.28. The molecule has 2 N–H and O–H groups in total. The van der Waals surface area contributed by atoms with E-state index in [1.165, 1.54) is 18.4 Å². The minimum Gasteiger partial charge on any atom is -0.497 e. The number of aromatic nitrogens is 2. The summed E-state index contributed by atoms with van der Waals surface area (Å²) in [6.07, 6.45) is 7.08. The van der Waals surface area contributed by atoms with Crippen LogP contribution in [0.25, 0.3) is 0 Å². The van der Waals surface area contributed by atoms with E-state index in [4.69, 9.17) is 4.74 Å². The molecular formula is C28H32N4O3. The summed E-state index contributed by atoms with van der Waals surface area (Å²) in [6, 6.07) is 17.6. The molecule has 1 aliphatic heterocycles. The second-order valence-electron chi connectivity index (χ2n) is 9.72. The molecule has 0 bridgehead atoms. The highest BCUT2D eigenvalue weighted by atomic mass is 16.5. The quantitative estimate of drug-likeness (QED) is 0.474. The summed E-state index contributed by atoms with van der Waals surface area (Å²) in [5, 5.41) is 3.02. The van der Waals surface area contributed by atoms with Gasteiger partial charge in [-0.3, -0.25) is 9.59 Å². The van der Waals surface area contributed by atoms with E-state index < -0.39 is 6.04 Å². The maximum Gasteiger partial charge on any atom is 0.245 e. The summed E-state index contributed by atoms with van der Waals surface area (Å²) >= 11 is 0. The first kappa shape index (κ1) is 23.1. The van der Waals surface area contributed by atoms with E-state index in [1.54, 1.807) is 19.6 Å². The number of carbonyl (C=O) groups excluding carboxylic acids is 2. The van der Waals surface area contributed by atoms with E-state index in [0.29, 0.717) is 31.8 Å². The lowest BCUT2D eigenvalue weighted by molar-refractivity contribution is -0.144. The zero-order valence-electron chi connectivity index (χ0n) is 20.1. The van der Waals surface area contributed by atoms with E-state index in [2.05, 4.69) is 39.6 Å². The SMILES string of the molecule is COc1ccc(C[C@@H](NC(=O)CCc2c[nH]cn2)C(=O)N2CC(c3ccccc3)(C3CC3)C2)cc1. The summed E-state index contributed by atoms with van der Waals surface area (Å²) in [5.41, 5.74) is 3.18. The van der Waals surface area contributed by atoms with Crippen molar-refractivity contribution in [1.29, 1.82) is 0 Å². The van der Waals surface area contributed by atoms with Crippen LogP contribution in [0.4, 0.5) is 0 Å². The highest BCUT2D eigenvalue weighted by Gasteiger charge is 2.55. The molecule has 1 aromatic heterocycles. The van der Waals surface area contributed by atoms with Crippen LogP contribution >= 0.6 is 0 Å². The number of likely N-dealkylation sites (tertiary alicyclic amines) is 1. The number of imidazole rings is 1. The van der Waals surface area contributed by atoms with Crippen molar-refractivity contribution in [2.45, 2.75) is 43.6 Å². The van der Waals surface area contributed by atoms with Crippen LogP contribution in [-0.4, -0.2) is 52.9 Å². The standard InChI is InChI=1S/C28H32N4O3/c1-35-24-12-7-20(8-13-24)15-25(31-26(33)14-11-23-16-29-19-30-23)27(34)32-17-28(18-32,22-9-10-22)21-5-3-2-4-6-21/h2-8,12-13,16,19,22,25H,9-11,14-15,17-18H2,1H3,(H,29,30)(H,31,33)/t25-/m1/s1. The third kappa shape index (κ3) is 5.09. The summed E-state index contributed by atoms with van der Waals surface area (Å²) < 4.78 is 5.26. The molecule has 1 aliphatic carbocycles. The molecule has 2 heterocycles. The maximum absolute atomic E-state index is 13.7. The molecule has 7 heteroatoms. The van der Waals surface area contributed by atoms with Gasteiger partial charge in [0, 0.05) is 37.5 Å². The fraction of sp³-hybridized carbons (Fsp3) is 0.393. The number of hydrogen-bond acceptors (Lipinski definition) is 4. The van der Waals surface area contributed by atoms with Crippen molar-refractivity contribution < 1.29 is 14.3 Å². The molecule has 1 saturated carbocycles. The number of ether oxygens (including phenoxy) is 1. The Hall–Kier alpha value is -3.61. The Morgan fingerprint density at radius 2 is 1.89 bits per heavy atom. The number of aryl methyl sites for hydroxylation is 1. The number of H-pyrrole nitrogens is 1. The van der Waals surface area contributed by atoms with Gasteiger partial charge in [-0.15, -0.1) is 0 Å². The number of nitrogens with zero attached hydrogens (tertiary/aromatic N) is 2. The molecule has 0 spiro atoms. The molecular weight excluding hydrogens is 440 g/mol. The van der Waals surface area contributed by atoms with Gasteiger partial charge in [0.25, 0.3) is 0 Å². The molecule has 182 valence electrons. The van der Waals surface area contributed by atoms with Crippen molar-refractivity contribution in [3.05, 3.63) is 83.9 Å². The fourth-order valence-electron chi connectivity index (χ4n) is 5.23. The molecule has 2 amide bonds. The Labute approximate surface area is 205 Å². The Bertz CT molecular complexity index is 1130. The number of nitrogens with one attached hydrogen (secondary N) is 2. The van der Waals surface area contributed by atoms with Crippen molar-refractivity contribution >= 4 is 11.8 Å². The number of hydrogen-bond donors (Lipinski definition) is 2. The van der Waals surface area contributed by atoms with E-state index in [-0.39, 0.29) is 23.7 Å². The smallest absolute Gasteiger partial charge is 0.245 e. The van der Waals surface area contributed by atoms with Crippen molar-refractivity contribution in [1.82, 2.24) is 20.2 Å². The van der Waals surface area contributed by atoms with Gasteiger partial charge in [0.1, 0.15) is 11.8 Å². The van der Waals surface area contributed by atoms with E-state index in [9.17, 15) is 9.59 Å². The average Bonchev–Trinajstić information content (AvgIpc) is 3.57. The zero-order chi connectivity index (χ0) is 24.3. The van der Waals surface area contributed by atoms with Crippen molar-refractivity contribution in [3.8, 4) is 5.75 Å². The molecule has 35 heavy (non-hydrogen) atoms. The second-order valence-corrected chi connectivity index (χ2v) is 9.72. The van der Waals surface area contributed by atoms with Crippen LogP contribution in [-0.2, 0) is 27.8 Å². The van der Waals surface area contributed by atoms with E-state index in [0.717, 1.165) is 17.0 Å². The van der Waals surface area contributed by atoms with Crippen LogP contribution in [0.3, 0.4) is 0 Å². The van der Waals surface area contributed by atoms with Crippen molar-refractivity contribution in [3.63, 3.8) is 0 Å². The fourth-order valence-corrected chi connectivity index (χ4v) is 5.23. The van der Waals surface area contributed by atoms with Crippen LogP contribution in [0.5, 0.6) is 5.75 Å². The lowest BCUT2D eigenvalue weighted by Gasteiger charge is -2.52. The topological polar surface area (TPSA) is 87.3 Å². The first-order chi connectivity index (χ1) is 17.1. The van der Waals surface area contributed by atoms with Gasteiger partial charge in [-0.05, 0) is 48.4 Å². The predicted octanol–water partition coefficient (Wildman–Crippen LogP) is 3.27. The molecule has 3 aromatic rings.